The Balaban J connectivity index is 1.51. The third-order valence-corrected chi connectivity index (χ3v) is 4.66. The third-order valence-electron chi connectivity index (χ3n) is 4.66. The van der Waals surface area contributed by atoms with Crippen LogP contribution in [0.1, 0.15) is 36.0 Å². The molecule has 2 aliphatic rings. The number of methoxy groups -OCH3 is 1. The van der Waals surface area contributed by atoms with Crippen LogP contribution >= 0.6 is 0 Å². The van der Waals surface area contributed by atoms with Gasteiger partial charge in [0.05, 0.1) is 25.6 Å². The average molecular weight is 344 g/mol. The van der Waals surface area contributed by atoms with E-state index in [1.54, 1.807) is 31.6 Å². The van der Waals surface area contributed by atoms with E-state index in [1.807, 2.05) is 11.0 Å². The molecule has 0 aliphatic carbocycles. The van der Waals surface area contributed by atoms with E-state index in [4.69, 9.17) is 9.47 Å². The van der Waals surface area contributed by atoms with Gasteiger partial charge in [0.25, 0.3) is 11.8 Å². The Bertz CT molecular complexity index is 663. The third kappa shape index (κ3) is 4.32. The highest BCUT2D eigenvalue weighted by Gasteiger charge is 2.26. The minimum absolute atomic E-state index is 0.0669. The van der Waals surface area contributed by atoms with Crippen LogP contribution in [0, 0.1) is 0 Å². The van der Waals surface area contributed by atoms with Gasteiger partial charge in [0.15, 0.2) is 0 Å². The Morgan fingerprint density at radius 3 is 2.76 bits per heavy atom. The van der Waals surface area contributed by atoms with Crippen molar-refractivity contribution in [2.45, 2.75) is 31.7 Å². The lowest BCUT2D eigenvalue weighted by Crippen LogP contribution is -2.47. The quantitative estimate of drug-likeness (QED) is 0.908. The van der Waals surface area contributed by atoms with Gasteiger partial charge in [-0.05, 0) is 43.9 Å². The summed E-state index contributed by atoms with van der Waals surface area (Å²) in [6, 6.07) is 7.19. The smallest absolute Gasteiger partial charge is 0.252 e. The van der Waals surface area contributed by atoms with E-state index in [1.165, 1.54) is 0 Å². The predicted molar refractivity (Wildman–Crippen MR) is 93.3 cm³/mol. The summed E-state index contributed by atoms with van der Waals surface area (Å²) in [4.78, 5) is 26.7. The van der Waals surface area contributed by atoms with Crippen molar-refractivity contribution in [2.75, 3.05) is 26.8 Å². The number of likely N-dealkylation sites (tertiary alicyclic amines) is 1. The highest BCUT2D eigenvalue weighted by Crippen LogP contribution is 2.19. The van der Waals surface area contributed by atoms with Gasteiger partial charge in [0, 0.05) is 24.7 Å². The number of hydrogen-bond donors (Lipinski definition) is 1. The lowest BCUT2D eigenvalue weighted by Gasteiger charge is -2.33. The SMILES string of the molecule is COc1cccc(C(=O)NC2CCN(C(=O)C3=COCCC3)CC2)c1. The van der Waals surface area contributed by atoms with Crippen LogP contribution in [0.4, 0.5) is 0 Å². The van der Waals surface area contributed by atoms with Crippen LogP contribution in [0.25, 0.3) is 0 Å². The normalized spacial score (nSPS) is 18.1. The largest absolute Gasteiger partial charge is 0.501 e. The molecule has 1 saturated heterocycles. The van der Waals surface area contributed by atoms with E-state index in [9.17, 15) is 9.59 Å². The van der Waals surface area contributed by atoms with Crippen molar-refractivity contribution in [3.05, 3.63) is 41.7 Å². The number of ether oxygens (including phenoxy) is 2. The number of piperidine rings is 1. The molecule has 0 aromatic heterocycles. The van der Waals surface area contributed by atoms with Crippen LogP contribution < -0.4 is 10.1 Å². The molecule has 2 amide bonds. The molecule has 6 nitrogen and oxygen atoms in total. The number of rotatable bonds is 4. The van der Waals surface area contributed by atoms with Crippen molar-refractivity contribution in [1.82, 2.24) is 10.2 Å². The lowest BCUT2D eigenvalue weighted by atomic mass is 10.0. The fourth-order valence-corrected chi connectivity index (χ4v) is 3.18. The fourth-order valence-electron chi connectivity index (χ4n) is 3.18. The molecule has 25 heavy (non-hydrogen) atoms. The summed E-state index contributed by atoms with van der Waals surface area (Å²) in [6.07, 6.45) is 4.80. The van der Waals surface area contributed by atoms with Crippen LogP contribution in [0.5, 0.6) is 5.75 Å². The highest BCUT2D eigenvalue weighted by atomic mass is 16.5. The van der Waals surface area contributed by atoms with Gasteiger partial charge in [-0.25, -0.2) is 0 Å². The van der Waals surface area contributed by atoms with E-state index in [2.05, 4.69) is 5.32 Å². The van der Waals surface area contributed by atoms with Gasteiger partial charge < -0.3 is 19.7 Å². The molecule has 1 aromatic rings. The van der Waals surface area contributed by atoms with E-state index in [0.29, 0.717) is 31.0 Å². The molecule has 0 saturated carbocycles. The van der Waals surface area contributed by atoms with Gasteiger partial charge in [0.2, 0.25) is 0 Å². The molecule has 0 radical (unpaired) electrons. The van der Waals surface area contributed by atoms with Crippen molar-refractivity contribution < 1.29 is 19.1 Å². The van der Waals surface area contributed by atoms with Gasteiger partial charge >= 0.3 is 0 Å². The molecule has 1 aromatic carbocycles. The van der Waals surface area contributed by atoms with Crippen molar-refractivity contribution in [2.24, 2.45) is 0 Å². The number of hydrogen-bond acceptors (Lipinski definition) is 4. The van der Waals surface area contributed by atoms with E-state index in [0.717, 1.165) is 31.3 Å². The van der Waals surface area contributed by atoms with Crippen LogP contribution in [-0.2, 0) is 9.53 Å². The van der Waals surface area contributed by atoms with Crippen LogP contribution in [0.2, 0.25) is 0 Å². The van der Waals surface area contributed by atoms with Crippen molar-refractivity contribution in [1.29, 1.82) is 0 Å². The monoisotopic (exact) mass is 344 g/mol. The maximum atomic E-state index is 12.5. The first kappa shape index (κ1) is 17.3. The maximum Gasteiger partial charge on any atom is 0.252 e. The average Bonchev–Trinajstić information content (AvgIpc) is 2.68. The molecule has 0 atom stereocenters. The summed E-state index contributed by atoms with van der Waals surface area (Å²) in [6.45, 7) is 1.99. The first-order valence-electron chi connectivity index (χ1n) is 8.72. The number of nitrogens with one attached hydrogen (secondary N) is 1. The molecule has 0 unspecified atom stereocenters. The topological polar surface area (TPSA) is 67.9 Å². The summed E-state index contributed by atoms with van der Waals surface area (Å²) in [5.41, 5.74) is 1.34. The molecule has 0 bridgehead atoms. The first-order chi connectivity index (χ1) is 12.2. The molecule has 0 spiro atoms. The first-order valence-corrected chi connectivity index (χ1v) is 8.72. The van der Waals surface area contributed by atoms with Crippen LogP contribution in [-0.4, -0.2) is 49.6 Å². The van der Waals surface area contributed by atoms with Crippen molar-refractivity contribution in [3.8, 4) is 5.75 Å². The van der Waals surface area contributed by atoms with Gasteiger partial charge in [-0.15, -0.1) is 0 Å². The summed E-state index contributed by atoms with van der Waals surface area (Å²) in [5.74, 6) is 0.625. The molecule has 1 N–H and O–H groups in total. The van der Waals surface area contributed by atoms with Gasteiger partial charge in [0.1, 0.15) is 5.75 Å². The Morgan fingerprint density at radius 1 is 1.28 bits per heavy atom. The van der Waals surface area contributed by atoms with Crippen LogP contribution in [0.3, 0.4) is 0 Å². The standard InChI is InChI=1S/C19H24N2O4/c1-24-17-6-2-4-14(12-17)18(22)20-16-7-9-21(10-8-16)19(23)15-5-3-11-25-13-15/h2,4,6,12-13,16H,3,5,7-11H2,1H3,(H,20,22). The molecular weight excluding hydrogens is 320 g/mol. The number of amides is 2. The van der Waals surface area contributed by atoms with Crippen molar-refractivity contribution in [3.63, 3.8) is 0 Å². The zero-order valence-electron chi connectivity index (χ0n) is 14.5. The van der Waals surface area contributed by atoms with Crippen molar-refractivity contribution >= 4 is 11.8 Å². The minimum atomic E-state index is -0.105. The second-order valence-electron chi connectivity index (χ2n) is 6.39. The fraction of sp³-hybridized carbons (Fsp3) is 0.474. The zero-order valence-corrected chi connectivity index (χ0v) is 14.5. The minimum Gasteiger partial charge on any atom is -0.501 e. The summed E-state index contributed by atoms with van der Waals surface area (Å²) < 4.78 is 10.4. The maximum absolute atomic E-state index is 12.5. The Morgan fingerprint density at radius 2 is 2.08 bits per heavy atom. The Kier molecular flexibility index (Phi) is 5.58. The molecule has 6 heteroatoms. The molecule has 1 fully saturated rings. The predicted octanol–water partition coefficient (Wildman–Crippen LogP) is 2.11. The number of carbonyl (C=O) groups excluding carboxylic acids is 2. The number of benzene rings is 1. The molecule has 2 heterocycles. The lowest BCUT2D eigenvalue weighted by molar-refractivity contribution is -0.128. The number of nitrogens with zero attached hydrogens (tertiary/aromatic N) is 1. The molecular formula is C19H24N2O4. The molecule has 3 rings (SSSR count). The van der Waals surface area contributed by atoms with Gasteiger partial charge in [-0.1, -0.05) is 6.07 Å². The van der Waals surface area contributed by atoms with Gasteiger partial charge in [-0.2, -0.15) is 0 Å². The Hall–Kier alpha value is -2.50. The van der Waals surface area contributed by atoms with E-state index in [-0.39, 0.29) is 17.9 Å². The summed E-state index contributed by atoms with van der Waals surface area (Å²) >= 11 is 0. The molecule has 2 aliphatic heterocycles. The second-order valence-corrected chi connectivity index (χ2v) is 6.39. The summed E-state index contributed by atoms with van der Waals surface area (Å²) in [7, 11) is 1.58. The van der Waals surface area contributed by atoms with E-state index < -0.39 is 0 Å². The highest BCUT2D eigenvalue weighted by molar-refractivity contribution is 5.95. The van der Waals surface area contributed by atoms with E-state index >= 15 is 0 Å². The van der Waals surface area contributed by atoms with Crippen LogP contribution in [0.15, 0.2) is 36.1 Å². The summed E-state index contributed by atoms with van der Waals surface area (Å²) in [5, 5.41) is 3.05. The Labute approximate surface area is 147 Å². The zero-order chi connectivity index (χ0) is 17.6. The second kappa shape index (κ2) is 8.05. The molecule has 134 valence electrons. The number of carbonyl (C=O) groups is 2. The van der Waals surface area contributed by atoms with Gasteiger partial charge in [-0.3, -0.25) is 9.59 Å².